The molecule has 0 saturated heterocycles. The number of halogens is 6. The first-order valence-corrected chi connectivity index (χ1v) is 16.9. The number of benzene rings is 2. The Labute approximate surface area is 290 Å². The van der Waals surface area contributed by atoms with Gasteiger partial charge in [-0.2, -0.15) is 26.3 Å². The van der Waals surface area contributed by atoms with Gasteiger partial charge < -0.3 is 13.9 Å². The average Bonchev–Trinajstić information content (AvgIpc) is 2.96. The first-order valence-electron chi connectivity index (χ1n) is 16.9. The second-order valence-corrected chi connectivity index (χ2v) is 16.3. The number of rotatable bonds is 13. The normalized spacial score (nSPS) is 15.4. The summed E-state index contributed by atoms with van der Waals surface area (Å²) in [5.41, 5.74) is -5.51. The molecule has 2 atom stereocenters. The van der Waals surface area contributed by atoms with E-state index in [4.69, 9.17) is 13.9 Å². The van der Waals surface area contributed by atoms with Gasteiger partial charge in [0.2, 0.25) is 0 Å². The Kier molecular flexibility index (Phi) is 12.3. The highest BCUT2D eigenvalue weighted by Crippen LogP contribution is 2.48. The fraction of sp³-hybridized carbons (Fsp3) is 0.590. The van der Waals surface area contributed by atoms with Gasteiger partial charge in [-0.15, -0.1) is 0 Å². The number of hydrogen-bond acceptors (Lipinski definition) is 5. The minimum atomic E-state index is -4.72. The van der Waals surface area contributed by atoms with E-state index in [2.05, 4.69) is 0 Å². The highest BCUT2D eigenvalue weighted by Gasteiger charge is 2.49. The summed E-state index contributed by atoms with van der Waals surface area (Å²) in [6.07, 6.45) is -7.15. The first kappa shape index (κ1) is 40.9. The largest absolute Gasteiger partial charge is 0.493 e. The Bertz CT molecular complexity index is 1690. The highest BCUT2D eigenvalue weighted by molar-refractivity contribution is 5.83. The van der Waals surface area contributed by atoms with Crippen molar-refractivity contribution < 1.29 is 45.0 Å². The second kappa shape index (κ2) is 15.0. The molecule has 1 heterocycles. The molecular weight excluding hydrogens is 662 g/mol. The summed E-state index contributed by atoms with van der Waals surface area (Å²) in [5, 5.41) is 0.291. The zero-order valence-corrected chi connectivity index (χ0v) is 30.5. The maximum absolute atomic E-state index is 14.1. The topological polar surface area (TPSA) is 65.7 Å². The van der Waals surface area contributed by atoms with Crippen LogP contribution in [0.4, 0.5) is 26.3 Å². The third kappa shape index (κ3) is 10.8. The maximum Gasteiger partial charge on any atom is 0.417 e. The van der Waals surface area contributed by atoms with Gasteiger partial charge in [-0.1, -0.05) is 80.4 Å². The molecule has 3 aromatic rings. The van der Waals surface area contributed by atoms with Crippen molar-refractivity contribution in [1.82, 2.24) is 0 Å². The minimum Gasteiger partial charge on any atom is -0.493 e. The Morgan fingerprint density at radius 1 is 0.780 bits per heavy atom. The standard InChI is InChI=1S/C39H50F6O5/c1-10-11-12-13-25-14-17-28(30(18-25)39(43,44)45)29-19-26-15-16-27(20-31(26)50-32(29)46)48-23-36(8,22-38(40,41)42)24-49-33(47)37(9,35(5,6)7)21-34(2,3)4/h14-20H,10-13,21-24H2,1-9H3. The van der Waals surface area contributed by atoms with Crippen LogP contribution in [0.5, 0.6) is 5.75 Å². The molecule has 2 aromatic carbocycles. The number of unbranched alkanes of at least 4 members (excludes halogenated alkanes) is 2. The quantitative estimate of drug-likeness (QED) is 0.0764. The lowest BCUT2D eigenvalue weighted by atomic mass is 9.61. The zero-order chi connectivity index (χ0) is 37.9. The first-order chi connectivity index (χ1) is 22.8. The van der Waals surface area contributed by atoms with Crippen LogP contribution in [0.25, 0.3) is 22.1 Å². The van der Waals surface area contributed by atoms with Gasteiger partial charge in [0, 0.05) is 22.4 Å². The van der Waals surface area contributed by atoms with Crippen molar-refractivity contribution in [2.45, 2.75) is 113 Å². The molecule has 0 amide bonds. The van der Waals surface area contributed by atoms with Crippen LogP contribution in [0.15, 0.2) is 51.7 Å². The van der Waals surface area contributed by atoms with Crippen molar-refractivity contribution in [2.75, 3.05) is 13.2 Å². The van der Waals surface area contributed by atoms with Gasteiger partial charge in [-0.3, -0.25) is 4.79 Å². The molecule has 0 N–H and O–H groups in total. The average molecular weight is 713 g/mol. The van der Waals surface area contributed by atoms with E-state index in [1.807, 2.05) is 48.5 Å². The van der Waals surface area contributed by atoms with E-state index in [0.29, 0.717) is 23.8 Å². The lowest BCUT2D eigenvalue weighted by Crippen LogP contribution is -2.46. The molecule has 0 fully saturated rings. The number of hydrogen-bond donors (Lipinski definition) is 0. The zero-order valence-electron chi connectivity index (χ0n) is 30.5. The summed E-state index contributed by atoms with van der Waals surface area (Å²) < 4.78 is 100. The molecule has 0 radical (unpaired) electrons. The third-order valence-corrected chi connectivity index (χ3v) is 9.21. The molecule has 0 bridgehead atoms. The molecule has 0 aliphatic heterocycles. The summed E-state index contributed by atoms with van der Waals surface area (Å²) >= 11 is 0. The SMILES string of the molecule is CCCCCc1ccc(-c2cc3ccc(OCC(C)(COC(=O)C(C)(CC(C)(C)C)C(C)(C)C)CC(F)(F)F)cc3oc2=O)c(C(F)(F)F)c1. The monoisotopic (exact) mass is 712 g/mol. The predicted molar refractivity (Wildman–Crippen MR) is 183 cm³/mol. The van der Waals surface area contributed by atoms with Crippen molar-refractivity contribution in [1.29, 1.82) is 0 Å². The number of fused-ring (bicyclic) bond motifs is 1. The van der Waals surface area contributed by atoms with Crippen molar-refractivity contribution in [2.24, 2.45) is 21.7 Å². The van der Waals surface area contributed by atoms with E-state index in [0.717, 1.165) is 25.3 Å². The van der Waals surface area contributed by atoms with Gasteiger partial charge >= 0.3 is 23.9 Å². The number of carbonyl (C=O) groups is 1. The lowest BCUT2D eigenvalue weighted by Gasteiger charge is -2.44. The van der Waals surface area contributed by atoms with Gasteiger partial charge in [0.1, 0.15) is 17.9 Å². The van der Waals surface area contributed by atoms with Crippen molar-refractivity contribution >= 4 is 16.9 Å². The summed E-state index contributed by atoms with van der Waals surface area (Å²) in [5.74, 6) is -0.538. The molecule has 5 nitrogen and oxygen atoms in total. The number of ether oxygens (including phenoxy) is 2. The number of aryl methyl sites for hydroxylation is 1. The number of carbonyl (C=O) groups excluding carboxylic acids is 1. The van der Waals surface area contributed by atoms with E-state index in [9.17, 15) is 35.9 Å². The Hall–Kier alpha value is -3.50. The second-order valence-electron chi connectivity index (χ2n) is 16.3. The van der Waals surface area contributed by atoms with Crippen molar-refractivity contribution in [3.63, 3.8) is 0 Å². The maximum atomic E-state index is 14.1. The smallest absolute Gasteiger partial charge is 0.417 e. The molecule has 278 valence electrons. The molecule has 0 spiro atoms. The molecule has 3 rings (SSSR count). The van der Waals surface area contributed by atoms with Gasteiger partial charge in [-0.25, -0.2) is 4.79 Å². The molecule has 11 heteroatoms. The van der Waals surface area contributed by atoms with Crippen LogP contribution in [0.1, 0.15) is 106 Å². The van der Waals surface area contributed by atoms with Crippen LogP contribution in [0, 0.1) is 21.7 Å². The van der Waals surface area contributed by atoms with E-state index in [1.54, 1.807) is 13.0 Å². The van der Waals surface area contributed by atoms with E-state index in [1.165, 1.54) is 37.3 Å². The number of esters is 1. The molecular formula is C39H50F6O5. The van der Waals surface area contributed by atoms with Crippen molar-refractivity contribution in [3.05, 3.63) is 64.0 Å². The van der Waals surface area contributed by atoms with Crippen LogP contribution >= 0.6 is 0 Å². The Balaban J connectivity index is 1.89. The number of alkyl halides is 6. The summed E-state index contributed by atoms with van der Waals surface area (Å²) in [6, 6.07) is 9.38. The van der Waals surface area contributed by atoms with Crippen LogP contribution in [0.3, 0.4) is 0 Å². The molecule has 0 aliphatic carbocycles. The predicted octanol–water partition coefficient (Wildman–Crippen LogP) is 11.6. The molecule has 2 unspecified atom stereocenters. The van der Waals surface area contributed by atoms with E-state index < -0.39 is 65.4 Å². The van der Waals surface area contributed by atoms with E-state index >= 15 is 0 Å². The minimum absolute atomic E-state index is 0.0203. The van der Waals surface area contributed by atoms with Crippen LogP contribution in [-0.2, 0) is 22.1 Å². The lowest BCUT2D eigenvalue weighted by molar-refractivity contribution is -0.183. The van der Waals surface area contributed by atoms with E-state index in [-0.39, 0.29) is 27.9 Å². The fourth-order valence-corrected chi connectivity index (χ4v) is 6.15. The van der Waals surface area contributed by atoms with Gasteiger partial charge in [0.05, 0.1) is 29.6 Å². The fourth-order valence-electron chi connectivity index (χ4n) is 6.15. The van der Waals surface area contributed by atoms with Crippen LogP contribution in [-0.4, -0.2) is 25.4 Å². The van der Waals surface area contributed by atoms with Crippen LogP contribution < -0.4 is 10.4 Å². The third-order valence-electron chi connectivity index (χ3n) is 9.21. The van der Waals surface area contributed by atoms with Gasteiger partial charge in [0.15, 0.2) is 0 Å². The Morgan fingerprint density at radius 3 is 2.00 bits per heavy atom. The van der Waals surface area contributed by atoms with Gasteiger partial charge in [-0.05, 0) is 66.8 Å². The Morgan fingerprint density at radius 2 is 1.44 bits per heavy atom. The van der Waals surface area contributed by atoms with Gasteiger partial charge in [0.25, 0.3) is 0 Å². The van der Waals surface area contributed by atoms with Crippen LogP contribution in [0.2, 0.25) is 0 Å². The molecule has 0 saturated carbocycles. The summed E-state index contributed by atoms with van der Waals surface area (Å²) in [4.78, 5) is 26.5. The summed E-state index contributed by atoms with van der Waals surface area (Å²) in [6.45, 7) is 15.6. The molecule has 50 heavy (non-hydrogen) atoms. The molecule has 1 aromatic heterocycles. The summed E-state index contributed by atoms with van der Waals surface area (Å²) in [7, 11) is 0. The van der Waals surface area contributed by atoms with Crippen molar-refractivity contribution in [3.8, 4) is 16.9 Å². The molecule has 0 aliphatic rings. The highest BCUT2D eigenvalue weighted by atomic mass is 19.4.